The molecule has 0 aliphatic heterocycles. The highest BCUT2D eigenvalue weighted by Crippen LogP contribution is 2.27. The van der Waals surface area contributed by atoms with Gasteiger partial charge in [0.15, 0.2) is 0 Å². The number of benzene rings is 1. The Kier molecular flexibility index (Phi) is 10.0. The summed E-state index contributed by atoms with van der Waals surface area (Å²) >= 11 is 0. The van der Waals surface area contributed by atoms with E-state index in [1.54, 1.807) is 0 Å². The highest BCUT2D eigenvalue weighted by molar-refractivity contribution is 5.91. The van der Waals surface area contributed by atoms with Crippen molar-refractivity contribution in [2.24, 2.45) is 11.7 Å². The summed E-state index contributed by atoms with van der Waals surface area (Å²) in [4.78, 5) is 12.3. The maximum absolute atomic E-state index is 12.3. The molecule has 5 nitrogen and oxygen atoms in total. The summed E-state index contributed by atoms with van der Waals surface area (Å²) in [7, 11) is 0. The molecule has 0 spiro atoms. The van der Waals surface area contributed by atoms with Gasteiger partial charge in [0.25, 0.3) is 0 Å². The summed E-state index contributed by atoms with van der Waals surface area (Å²) in [6, 6.07) is 6.08. The molecule has 1 saturated carbocycles. The Morgan fingerprint density at radius 3 is 2.72 bits per heavy atom. The maximum atomic E-state index is 12.3. The zero-order chi connectivity index (χ0) is 17.4. The van der Waals surface area contributed by atoms with Crippen LogP contribution in [0.25, 0.3) is 0 Å². The van der Waals surface area contributed by atoms with Crippen LogP contribution in [0.3, 0.4) is 0 Å². The van der Waals surface area contributed by atoms with E-state index < -0.39 is 0 Å². The van der Waals surface area contributed by atoms with Gasteiger partial charge in [-0.25, -0.2) is 0 Å². The average molecular weight is 371 g/mol. The predicted molar refractivity (Wildman–Crippen MR) is 103 cm³/mol. The molecule has 0 aromatic heterocycles. The maximum Gasteiger partial charge on any atom is 0.224 e. The molecule has 25 heavy (non-hydrogen) atoms. The van der Waals surface area contributed by atoms with Gasteiger partial charge < -0.3 is 20.5 Å². The minimum absolute atomic E-state index is 0. The molecule has 2 atom stereocenters. The fourth-order valence-corrected chi connectivity index (χ4v) is 3.18. The number of rotatable bonds is 9. The minimum Gasteiger partial charge on any atom is -0.379 e. The van der Waals surface area contributed by atoms with Crippen molar-refractivity contribution in [2.75, 3.05) is 25.1 Å². The van der Waals surface area contributed by atoms with Crippen molar-refractivity contribution in [3.05, 3.63) is 29.3 Å². The van der Waals surface area contributed by atoms with E-state index in [2.05, 4.69) is 5.32 Å². The lowest BCUT2D eigenvalue weighted by Crippen LogP contribution is -2.28. The van der Waals surface area contributed by atoms with Gasteiger partial charge in [-0.2, -0.15) is 0 Å². The summed E-state index contributed by atoms with van der Waals surface area (Å²) in [5, 5.41) is 3.03. The van der Waals surface area contributed by atoms with Gasteiger partial charge >= 0.3 is 0 Å². The molecule has 3 N–H and O–H groups in total. The molecule has 0 unspecified atom stereocenters. The predicted octanol–water partition coefficient (Wildman–Crippen LogP) is 3.43. The van der Waals surface area contributed by atoms with Crippen LogP contribution in [0, 0.1) is 12.8 Å². The van der Waals surface area contributed by atoms with Gasteiger partial charge in [0.2, 0.25) is 5.91 Å². The second-order valence-electron chi connectivity index (χ2n) is 6.45. The number of amides is 1. The van der Waals surface area contributed by atoms with Crippen LogP contribution in [0.2, 0.25) is 0 Å². The molecule has 1 amide bonds. The highest BCUT2D eigenvalue weighted by Gasteiger charge is 2.26. The molecule has 0 radical (unpaired) electrons. The zero-order valence-corrected chi connectivity index (χ0v) is 16.1. The summed E-state index contributed by atoms with van der Waals surface area (Å²) in [5.74, 6) is 0.366. The fourth-order valence-electron chi connectivity index (χ4n) is 3.18. The van der Waals surface area contributed by atoms with Crippen molar-refractivity contribution in [3.63, 3.8) is 0 Å². The van der Waals surface area contributed by atoms with E-state index >= 15 is 0 Å². The Labute approximate surface area is 157 Å². The third-order valence-corrected chi connectivity index (χ3v) is 4.72. The number of hydrogen-bond acceptors (Lipinski definition) is 4. The van der Waals surface area contributed by atoms with Crippen LogP contribution in [0.4, 0.5) is 5.69 Å². The summed E-state index contributed by atoms with van der Waals surface area (Å²) in [6.45, 7) is 6.38. The quantitative estimate of drug-likeness (QED) is 0.653. The average Bonchev–Trinajstić information content (AvgIpc) is 2.95. The molecule has 142 valence electrons. The van der Waals surface area contributed by atoms with Crippen LogP contribution in [0.5, 0.6) is 0 Å². The minimum atomic E-state index is 0. The normalized spacial score (nSPS) is 19.5. The lowest BCUT2D eigenvalue weighted by Gasteiger charge is -2.16. The van der Waals surface area contributed by atoms with Crippen molar-refractivity contribution in [1.82, 2.24) is 0 Å². The standard InChI is InChI=1S/C19H30N2O3.ClH/c1-3-23-10-11-24-13-16-7-5-9-18(14(16)2)21-19(22)12-15-6-4-8-17(15)20;/h5,7,9,15,17H,3-4,6,8,10-13,20H2,1-2H3,(H,21,22);1H/t15-,17+;/m0./s1. The van der Waals surface area contributed by atoms with Crippen molar-refractivity contribution in [3.8, 4) is 0 Å². The number of carbonyl (C=O) groups excluding carboxylic acids is 1. The molecule has 0 heterocycles. The summed E-state index contributed by atoms with van der Waals surface area (Å²) < 4.78 is 10.9. The van der Waals surface area contributed by atoms with Crippen LogP contribution < -0.4 is 11.1 Å². The molecular formula is C19H31ClN2O3. The van der Waals surface area contributed by atoms with E-state index in [1.165, 1.54) is 0 Å². The highest BCUT2D eigenvalue weighted by atomic mass is 35.5. The lowest BCUT2D eigenvalue weighted by atomic mass is 9.99. The number of carbonyl (C=O) groups is 1. The topological polar surface area (TPSA) is 73.6 Å². The number of hydrogen-bond donors (Lipinski definition) is 2. The first-order chi connectivity index (χ1) is 11.6. The van der Waals surface area contributed by atoms with Crippen LogP contribution >= 0.6 is 12.4 Å². The van der Waals surface area contributed by atoms with Gasteiger partial charge in [-0.05, 0) is 49.8 Å². The van der Waals surface area contributed by atoms with Crippen LogP contribution in [-0.2, 0) is 20.9 Å². The number of nitrogens with two attached hydrogens (primary N) is 1. The van der Waals surface area contributed by atoms with Crippen molar-refractivity contribution in [1.29, 1.82) is 0 Å². The summed E-state index contributed by atoms with van der Waals surface area (Å²) in [6.07, 6.45) is 3.73. The molecule has 1 aliphatic carbocycles. The monoisotopic (exact) mass is 370 g/mol. The second-order valence-corrected chi connectivity index (χ2v) is 6.45. The van der Waals surface area contributed by atoms with E-state index in [9.17, 15) is 4.79 Å². The molecule has 6 heteroatoms. The van der Waals surface area contributed by atoms with E-state index in [-0.39, 0.29) is 24.4 Å². The van der Waals surface area contributed by atoms with E-state index in [1.807, 2.05) is 32.0 Å². The molecule has 1 fully saturated rings. The molecule has 1 aromatic rings. The number of nitrogens with one attached hydrogen (secondary N) is 1. The third kappa shape index (κ3) is 6.94. The van der Waals surface area contributed by atoms with Crippen molar-refractivity contribution >= 4 is 24.0 Å². The fraction of sp³-hybridized carbons (Fsp3) is 0.632. The molecular weight excluding hydrogens is 340 g/mol. The SMILES string of the molecule is CCOCCOCc1cccc(NC(=O)C[C@@H]2CCC[C@H]2N)c1C.Cl. The molecule has 2 rings (SSSR count). The second kappa shape index (κ2) is 11.5. The van der Waals surface area contributed by atoms with E-state index in [0.29, 0.717) is 38.8 Å². The number of anilines is 1. The largest absolute Gasteiger partial charge is 0.379 e. The smallest absolute Gasteiger partial charge is 0.224 e. The van der Waals surface area contributed by atoms with Gasteiger partial charge in [0.05, 0.1) is 19.8 Å². The van der Waals surface area contributed by atoms with Gasteiger partial charge in [-0.3, -0.25) is 4.79 Å². The Morgan fingerprint density at radius 1 is 1.28 bits per heavy atom. The Morgan fingerprint density at radius 2 is 2.04 bits per heavy atom. The number of halogens is 1. The number of ether oxygens (including phenoxy) is 2. The molecule has 0 bridgehead atoms. The van der Waals surface area contributed by atoms with E-state index in [0.717, 1.165) is 36.1 Å². The van der Waals surface area contributed by atoms with Gasteiger partial charge in [0.1, 0.15) is 0 Å². The lowest BCUT2D eigenvalue weighted by molar-refractivity contribution is -0.117. The van der Waals surface area contributed by atoms with Gasteiger partial charge in [-0.15, -0.1) is 12.4 Å². The van der Waals surface area contributed by atoms with Crippen molar-refractivity contribution < 1.29 is 14.3 Å². The Balaban J connectivity index is 0.00000312. The first kappa shape index (κ1) is 21.9. The van der Waals surface area contributed by atoms with Crippen LogP contribution in [0.1, 0.15) is 43.7 Å². The van der Waals surface area contributed by atoms with E-state index in [4.69, 9.17) is 15.2 Å². The van der Waals surface area contributed by atoms with Crippen molar-refractivity contribution in [2.45, 2.75) is 52.2 Å². The third-order valence-electron chi connectivity index (χ3n) is 4.72. The Bertz CT molecular complexity index is 539. The summed E-state index contributed by atoms with van der Waals surface area (Å²) in [5.41, 5.74) is 9.05. The van der Waals surface area contributed by atoms with Crippen LogP contribution in [0.15, 0.2) is 18.2 Å². The molecule has 1 aliphatic rings. The van der Waals surface area contributed by atoms with Gasteiger partial charge in [0, 0.05) is 24.8 Å². The van der Waals surface area contributed by atoms with Gasteiger partial charge in [-0.1, -0.05) is 18.6 Å². The van der Waals surface area contributed by atoms with Crippen LogP contribution in [-0.4, -0.2) is 31.8 Å². The Hall–Kier alpha value is -1.14. The molecule has 1 aromatic carbocycles. The first-order valence-corrected chi connectivity index (χ1v) is 8.91. The molecule has 0 saturated heterocycles. The zero-order valence-electron chi connectivity index (χ0n) is 15.3. The first-order valence-electron chi connectivity index (χ1n) is 8.91.